The first-order valence-electron chi connectivity index (χ1n) is 8.64. The van der Waals surface area contributed by atoms with Gasteiger partial charge in [-0.25, -0.2) is 4.98 Å². The number of rotatable bonds is 5. The molecule has 0 aliphatic carbocycles. The molecule has 3 aromatic rings. The van der Waals surface area contributed by atoms with Crippen LogP contribution >= 0.6 is 47.0 Å². The standard InChI is InChI=1S/C20H17Cl3N4OS/c21-20(22,23)18(27-19(29)25-16-10-3-4-11-24-16)26-17(28)12-14-8-5-7-13-6-1-2-9-15(13)14/h1-11,18H,12H2,(H,26,28)(H2,24,25,27,29). The summed E-state index contributed by atoms with van der Waals surface area (Å²) in [6.07, 6.45) is 0.697. The number of halogens is 3. The number of nitrogens with zero attached hydrogens (tertiary/aromatic N) is 1. The van der Waals surface area contributed by atoms with Crippen LogP contribution in [0, 0.1) is 0 Å². The van der Waals surface area contributed by atoms with Crippen LogP contribution in [0.3, 0.4) is 0 Å². The molecule has 2 aromatic carbocycles. The number of aromatic nitrogens is 1. The predicted molar refractivity (Wildman–Crippen MR) is 123 cm³/mol. The Bertz CT molecular complexity index is 1010. The maximum Gasteiger partial charge on any atom is 0.228 e. The van der Waals surface area contributed by atoms with E-state index in [1.54, 1.807) is 24.4 Å². The van der Waals surface area contributed by atoms with Crippen molar-refractivity contribution >= 4 is 74.6 Å². The number of anilines is 1. The number of hydrogen-bond donors (Lipinski definition) is 3. The van der Waals surface area contributed by atoms with Gasteiger partial charge in [0, 0.05) is 6.20 Å². The first kappa shape index (κ1) is 21.6. The van der Waals surface area contributed by atoms with Crippen molar-refractivity contribution in [3.63, 3.8) is 0 Å². The molecule has 0 saturated heterocycles. The molecule has 3 rings (SSSR count). The number of benzene rings is 2. The van der Waals surface area contributed by atoms with Gasteiger partial charge in [0.05, 0.1) is 6.42 Å². The van der Waals surface area contributed by atoms with Gasteiger partial charge in [-0.15, -0.1) is 0 Å². The van der Waals surface area contributed by atoms with E-state index in [0.717, 1.165) is 16.3 Å². The van der Waals surface area contributed by atoms with Crippen molar-refractivity contribution in [1.29, 1.82) is 0 Å². The first-order chi connectivity index (χ1) is 13.8. The van der Waals surface area contributed by atoms with Gasteiger partial charge >= 0.3 is 0 Å². The fourth-order valence-corrected chi connectivity index (χ4v) is 3.30. The van der Waals surface area contributed by atoms with E-state index in [4.69, 9.17) is 47.0 Å². The number of thiocarbonyl (C=S) groups is 1. The van der Waals surface area contributed by atoms with Crippen molar-refractivity contribution in [1.82, 2.24) is 15.6 Å². The quantitative estimate of drug-likeness (QED) is 0.291. The first-order valence-corrected chi connectivity index (χ1v) is 10.2. The van der Waals surface area contributed by atoms with E-state index in [0.29, 0.717) is 5.82 Å². The molecule has 0 bridgehead atoms. The van der Waals surface area contributed by atoms with Crippen LogP contribution in [-0.2, 0) is 11.2 Å². The lowest BCUT2D eigenvalue weighted by atomic mass is 10.0. The highest BCUT2D eigenvalue weighted by atomic mass is 35.6. The second kappa shape index (κ2) is 9.59. The van der Waals surface area contributed by atoms with Crippen molar-refractivity contribution in [3.8, 4) is 0 Å². The Labute approximate surface area is 188 Å². The van der Waals surface area contributed by atoms with Crippen LogP contribution in [0.5, 0.6) is 0 Å². The van der Waals surface area contributed by atoms with Crippen molar-refractivity contribution in [2.45, 2.75) is 16.4 Å². The number of nitrogens with one attached hydrogen (secondary N) is 3. The van der Waals surface area contributed by atoms with Gasteiger partial charge < -0.3 is 16.0 Å². The summed E-state index contributed by atoms with van der Waals surface area (Å²) in [7, 11) is 0. The third-order valence-corrected chi connectivity index (χ3v) is 4.92. The zero-order valence-corrected chi connectivity index (χ0v) is 18.1. The smallest absolute Gasteiger partial charge is 0.228 e. The van der Waals surface area contributed by atoms with Gasteiger partial charge in [0.2, 0.25) is 9.70 Å². The molecule has 5 nitrogen and oxygen atoms in total. The van der Waals surface area contributed by atoms with E-state index in [9.17, 15) is 4.79 Å². The minimum Gasteiger partial charge on any atom is -0.339 e. The number of amides is 1. The molecule has 1 heterocycles. The molecule has 0 aliphatic heterocycles. The summed E-state index contributed by atoms with van der Waals surface area (Å²) < 4.78 is -1.83. The van der Waals surface area contributed by atoms with Gasteiger partial charge in [-0.1, -0.05) is 83.3 Å². The summed E-state index contributed by atoms with van der Waals surface area (Å²) >= 11 is 23.4. The van der Waals surface area contributed by atoms with Crippen LogP contribution in [0.25, 0.3) is 10.8 Å². The van der Waals surface area contributed by atoms with E-state index in [1.807, 2.05) is 42.5 Å². The lowest BCUT2D eigenvalue weighted by Gasteiger charge is -2.27. The molecular formula is C20H17Cl3N4OS. The molecule has 0 fully saturated rings. The Kier molecular flexibility index (Phi) is 7.14. The Morgan fingerprint density at radius 3 is 2.45 bits per heavy atom. The molecule has 0 aliphatic rings. The highest BCUT2D eigenvalue weighted by Crippen LogP contribution is 2.29. The summed E-state index contributed by atoms with van der Waals surface area (Å²) in [5.74, 6) is 0.209. The summed E-state index contributed by atoms with van der Waals surface area (Å²) in [5.41, 5.74) is 0.873. The van der Waals surface area contributed by atoms with Crippen LogP contribution in [0.1, 0.15) is 5.56 Å². The molecule has 0 radical (unpaired) electrons. The fraction of sp³-hybridized carbons (Fsp3) is 0.150. The normalized spacial score (nSPS) is 12.2. The highest BCUT2D eigenvalue weighted by molar-refractivity contribution is 7.80. The lowest BCUT2D eigenvalue weighted by molar-refractivity contribution is -0.121. The van der Waals surface area contributed by atoms with Crippen molar-refractivity contribution < 1.29 is 4.79 Å². The average molecular weight is 468 g/mol. The van der Waals surface area contributed by atoms with Crippen LogP contribution < -0.4 is 16.0 Å². The highest BCUT2D eigenvalue weighted by Gasteiger charge is 2.34. The number of hydrogen-bond acceptors (Lipinski definition) is 3. The van der Waals surface area contributed by atoms with E-state index < -0.39 is 9.96 Å². The minimum absolute atomic E-state index is 0.126. The second-order valence-corrected chi connectivity index (χ2v) is 8.95. The predicted octanol–water partition coefficient (Wildman–Crippen LogP) is 4.58. The molecule has 1 aromatic heterocycles. The largest absolute Gasteiger partial charge is 0.339 e. The fourth-order valence-electron chi connectivity index (χ4n) is 2.75. The Hall–Kier alpha value is -2.12. The molecular weight excluding hydrogens is 451 g/mol. The molecule has 150 valence electrons. The summed E-state index contributed by atoms with van der Waals surface area (Å²) in [5, 5.41) is 10.6. The number of fused-ring (bicyclic) bond motifs is 1. The maximum absolute atomic E-state index is 12.6. The van der Waals surface area contributed by atoms with Crippen molar-refractivity contribution in [2.75, 3.05) is 5.32 Å². The minimum atomic E-state index is -1.83. The zero-order valence-electron chi connectivity index (χ0n) is 15.0. The van der Waals surface area contributed by atoms with Gasteiger partial charge in [-0.3, -0.25) is 4.79 Å². The second-order valence-electron chi connectivity index (χ2n) is 6.17. The molecule has 29 heavy (non-hydrogen) atoms. The molecule has 1 unspecified atom stereocenters. The molecule has 9 heteroatoms. The monoisotopic (exact) mass is 466 g/mol. The molecule has 0 spiro atoms. The summed E-state index contributed by atoms with van der Waals surface area (Å²) in [6, 6.07) is 18.9. The van der Waals surface area contributed by atoms with Crippen LogP contribution in [-0.4, -0.2) is 26.0 Å². The Balaban J connectivity index is 1.68. The van der Waals surface area contributed by atoms with E-state index in [1.165, 1.54) is 0 Å². The number of carbonyl (C=O) groups is 1. The molecule has 3 N–H and O–H groups in total. The van der Waals surface area contributed by atoms with Crippen LogP contribution in [0.2, 0.25) is 0 Å². The molecule has 1 amide bonds. The van der Waals surface area contributed by atoms with Gasteiger partial charge in [-0.2, -0.15) is 0 Å². The SMILES string of the molecule is O=C(Cc1cccc2ccccc12)NC(NC(=S)Nc1ccccn1)C(Cl)(Cl)Cl. The van der Waals surface area contributed by atoms with Gasteiger partial charge in [-0.05, 0) is 40.7 Å². The van der Waals surface area contributed by atoms with Gasteiger partial charge in [0.1, 0.15) is 12.0 Å². The maximum atomic E-state index is 12.6. The number of alkyl halides is 3. The average Bonchev–Trinajstić information content (AvgIpc) is 2.68. The molecule has 0 saturated carbocycles. The zero-order chi connectivity index (χ0) is 20.9. The summed E-state index contributed by atoms with van der Waals surface area (Å²) in [4.78, 5) is 16.8. The van der Waals surface area contributed by atoms with E-state index >= 15 is 0 Å². The van der Waals surface area contributed by atoms with Gasteiger partial charge in [0.25, 0.3) is 0 Å². The summed E-state index contributed by atoms with van der Waals surface area (Å²) in [6.45, 7) is 0. The third kappa shape index (κ3) is 6.18. The number of carbonyl (C=O) groups excluding carboxylic acids is 1. The van der Waals surface area contributed by atoms with E-state index in [-0.39, 0.29) is 17.4 Å². The number of pyridine rings is 1. The van der Waals surface area contributed by atoms with Gasteiger partial charge in [0.15, 0.2) is 5.11 Å². The lowest BCUT2D eigenvalue weighted by Crippen LogP contribution is -2.56. The Morgan fingerprint density at radius 1 is 1.00 bits per heavy atom. The molecule has 1 atom stereocenters. The Morgan fingerprint density at radius 2 is 1.72 bits per heavy atom. The van der Waals surface area contributed by atoms with Crippen molar-refractivity contribution in [2.24, 2.45) is 0 Å². The van der Waals surface area contributed by atoms with Crippen molar-refractivity contribution in [3.05, 3.63) is 72.4 Å². The van der Waals surface area contributed by atoms with Crippen LogP contribution in [0.4, 0.5) is 5.82 Å². The third-order valence-electron chi connectivity index (χ3n) is 4.05. The topological polar surface area (TPSA) is 66.1 Å². The van der Waals surface area contributed by atoms with Crippen LogP contribution in [0.15, 0.2) is 66.9 Å². The van der Waals surface area contributed by atoms with E-state index in [2.05, 4.69) is 20.9 Å².